The molecule has 0 saturated carbocycles. The van der Waals surface area contributed by atoms with E-state index in [1.54, 1.807) is 0 Å². The predicted molar refractivity (Wildman–Crippen MR) is 70.7 cm³/mol. The van der Waals surface area contributed by atoms with E-state index in [1.165, 1.54) is 18.2 Å². The molecule has 0 amide bonds. The molecule has 6 nitrogen and oxygen atoms in total. The van der Waals surface area contributed by atoms with Crippen LogP contribution in [0.2, 0.25) is 5.02 Å². The van der Waals surface area contributed by atoms with Gasteiger partial charge in [-0.3, -0.25) is 10.1 Å². The second kappa shape index (κ2) is 5.73. The minimum Gasteiger partial charge on any atom is -0.484 e. The Balaban J connectivity index is 2.08. The Bertz CT molecular complexity index is 475. The number of rotatable bonds is 4. The molecule has 1 heterocycles. The van der Waals surface area contributed by atoms with Crippen molar-refractivity contribution in [2.24, 2.45) is 0 Å². The Hall–Kier alpha value is -1.37. The molecule has 1 fully saturated rings. The van der Waals surface area contributed by atoms with Crippen LogP contribution < -0.4 is 10.1 Å². The lowest BCUT2D eigenvalue weighted by molar-refractivity contribution is -0.386. The van der Waals surface area contributed by atoms with Gasteiger partial charge >= 0.3 is 5.69 Å². The maximum absolute atomic E-state index is 10.9. The maximum Gasteiger partial charge on any atom is 0.312 e. The van der Waals surface area contributed by atoms with Gasteiger partial charge in [0.2, 0.25) is 0 Å². The molecule has 1 aromatic carbocycles. The highest BCUT2D eigenvalue weighted by molar-refractivity contribution is 6.30. The molecule has 2 rings (SSSR count). The zero-order chi connectivity index (χ0) is 13.9. The number of hydrogen-bond acceptors (Lipinski definition) is 5. The van der Waals surface area contributed by atoms with E-state index in [0.29, 0.717) is 25.9 Å². The van der Waals surface area contributed by atoms with Crippen molar-refractivity contribution in [3.05, 3.63) is 33.3 Å². The molecule has 0 radical (unpaired) electrons. The van der Waals surface area contributed by atoms with Crippen molar-refractivity contribution in [2.75, 3.05) is 19.7 Å². The Morgan fingerprint density at radius 3 is 2.79 bits per heavy atom. The predicted octanol–water partition coefficient (Wildman–Crippen LogP) is 1.74. The zero-order valence-corrected chi connectivity index (χ0v) is 11.0. The number of nitro benzene ring substituents is 1. The Labute approximate surface area is 115 Å². The molecule has 19 heavy (non-hydrogen) atoms. The second-order valence-electron chi connectivity index (χ2n) is 4.63. The summed E-state index contributed by atoms with van der Waals surface area (Å²) in [6.07, 6.45) is 1.13. The number of nitrogens with zero attached hydrogens (tertiary/aromatic N) is 1. The lowest BCUT2D eigenvalue weighted by Crippen LogP contribution is -2.46. The lowest BCUT2D eigenvalue weighted by Gasteiger charge is -2.32. The number of piperidine rings is 1. The van der Waals surface area contributed by atoms with Crippen molar-refractivity contribution in [3.8, 4) is 5.75 Å². The molecule has 0 spiro atoms. The summed E-state index contributed by atoms with van der Waals surface area (Å²) in [6, 6.07) is 4.21. The number of nitro groups is 1. The van der Waals surface area contributed by atoms with E-state index in [1.807, 2.05) is 0 Å². The molecule has 1 aromatic rings. The molecular weight excluding hydrogens is 272 g/mol. The van der Waals surface area contributed by atoms with Gasteiger partial charge in [-0.1, -0.05) is 11.6 Å². The van der Waals surface area contributed by atoms with Crippen LogP contribution in [-0.4, -0.2) is 35.3 Å². The lowest BCUT2D eigenvalue weighted by atomic mass is 9.93. The third-order valence-corrected chi connectivity index (χ3v) is 3.38. The first-order valence-electron chi connectivity index (χ1n) is 6.00. The largest absolute Gasteiger partial charge is 0.484 e. The summed E-state index contributed by atoms with van der Waals surface area (Å²) in [4.78, 5) is 10.4. The third kappa shape index (κ3) is 3.56. The highest BCUT2D eigenvalue weighted by Crippen LogP contribution is 2.31. The summed E-state index contributed by atoms with van der Waals surface area (Å²) >= 11 is 5.72. The summed E-state index contributed by atoms with van der Waals surface area (Å²) < 4.78 is 5.42. The van der Waals surface area contributed by atoms with Crippen molar-refractivity contribution < 1.29 is 14.8 Å². The van der Waals surface area contributed by atoms with Crippen LogP contribution in [0.4, 0.5) is 5.69 Å². The molecule has 7 heteroatoms. The van der Waals surface area contributed by atoms with Crippen molar-refractivity contribution in [2.45, 2.75) is 18.4 Å². The first-order chi connectivity index (χ1) is 9.00. The molecular formula is C12H15ClN2O4. The van der Waals surface area contributed by atoms with Gasteiger partial charge in [-0.2, -0.15) is 0 Å². The number of halogens is 1. The molecule has 0 atom stereocenters. The summed E-state index contributed by atoms with van der Waals surface area (Å²) in [6.45, 7) is 1.46. The van der Waals surface area contributed by atoms with Crippen molar-refractivity contribution in [3.63, 3.8) is 0 Å². The number of ether oxygens (including phenoxy) is 1. The van der Waals surface area contributed by atoms with Crippen molar-refractivity contribution >= 4 is 17.3 Å². The molecule has 1 aliphatic heterocycles. The van der Waals surface area contributed by atoms with Crippen LogP contribution in [0.15, 0.2) is 18.2 Å². The standard InChI is InChI=1S/C12H15ClN2O4/c13-9-1-2-11(10(7-9)15(17)18)19-8-12(16)3-5-14-6-4-12/h1-2,7,14,16H,3-6,8H2. The summed E-state index contributed by atoms with van der Waals surface area (Å²) in [5.74, 6) is 0.126. The Morgan fingerprint density at radius 2 is 2.16 bits per heavy atom. The van der Waals surface area contributed by atoms with Crippen LogP contribution in [0.3, 0.4) is 0 Å². The van der Waals surface area contributed by atoms with Gasteiger partial charge in [-0.25, -0.2) is 0 Å². The molecule has 0 aliphatic carbocycles. The van der Waals surface area contributed by atoms with Crippen LogP contribution >= 0.6 is 11.6 Å². The van der Waals surface area contributed by atoms with Gasteiger partial charge in [0.05, 0.1) is 4.92 Å². The van der Waals surface area contributed by atoms with Crippen LogP contribution in [-0.2, 0) is 0 Å². The van der Waals surface area contributed by atoms with Gasteiger partial charge in [0, 0.05) is 11.1 Å². The molecule has 2 N–H and O–H groups in total. The molecule has 104 valence electrons. The average Bonchev–Trinajstić information content (AvgIpc) is 2.38. The van der Waals surface area contributed by atoms with E-state index < -0.39 is 10.5 Å². The molecule has 1 aliphatic rings. The topological polar surface area (TPSA) is 84.6 Å². The van der Waals surface area contributed by atoms with Crippen LogP contribution in [0.5, 0.6) is 5.75 Å². The van der Waals surface area contributed by atoms with Gasteiger partial charge in [-0.15, -0.1) is 0 Å². The van der Waals surface area contributed by atoms with Gasteiger partial charge in [0.15, 0.2) is 5.75 Å². The number of aliphatic hydroxyl groups is 1. The zero-order valence-electron chi connectivity index (χ0n) is 10.3. The van der Waals surface area contributed by atoms with Gasteiger partial charge in [0.25, 0.3) is 0 Å². The smallest absolute Gasteiger partial charge is 0.312 e. The summed E-state index contributed by atoms with van der Waals surface area (Å²) in [7, 11) is 0. The third-order valence-electron chi connectivity index (χ3n) is 3.15. The van der Waals surface area contributed by atoms with E-state index in [4.69, 9.17) is 16.3 Å². The first-order valence-corrected chi connectivity index (χ1v) is 6.38. The Morgan fingerprint density at radius 1 is 1.47 bits per heavy atom. The van der Waals surface area contributed by atoms with Crippen LogP contribution in [0.1, 0.15) is 12.8 Å². The van der Waals surface area contributed by atoms with Gasteiger partial charge < -0.3 is 15.2 Å². The molecule has 0 bridgehead atoms. The Kier molecular flexibility index (Phi) is 4.24. The van der Waals surface area contributed by atoms with Crippen LogP contribution in [0, 0.1) is 10.1 Å². The SMILES string of the molecule is O=[N+]([O-])c1cc(Cl)ccc1OCC1(O)CCNCC1. The molecule has 0 unspecified atom stereocenters. The van der Waals surface area contributed by atoms with E-state index in [2.05, 4.69) is 5.32 Å². The van der Waals surface area contributed by atoms with Gasteiger partial charge in [-0.05, 0) is 38.1 Å². The number of hydrogen-bond donors (Lipinski definition) is 2. The summed E-state index contributed by atoms with van der Waals surface area (Å²) in [5, 5.41) is 24.6. The number of benzene rings is 1. The number of nitrogens with one attached hydrogen (secondary N) is 1. The fourth-order valence-corrected chi connectivity index (χ4v) is 2.17. The van der Waals surface area contributed by atoms with E-state index >= 15 is 0 Å². The van der Waals surface area contributed by atoms with Crippen molar-refractivity contribution in [1.82, 2.24) is 5.32 Å². The average molecular weight is 287 g/mol. The fraction of sp³-hybridized carbons (Fsp3) is 0.500. The highest BCUT2D eigenvalue weighted by Gasteiger charge is 2.31. The second-order valence-corrected chi connectivity index (χ2v) is 5.07. The monoisotopic (exact) mass is 286 g/mol. The first kappa shape index (κ1) is 14.0. The van der Waals surface area contributed by atoms with E-state index in [-0.39, 0.29) is 23.1 Å². The summed E-state index contributed by atoms with van der Waals surface area (Å²) in [5.41, 5.74) is -1.12. The van der Waals surface area contributed by atoms with Gasteiger partial charge in [0.1, 0.15) is 12.2 Å². The highest BCUT2D eigenvalue weighted by atomic mass is 35.5. The molecule has 0 aromatic heterocycles. The quantitative estimate of drug-likeness (QED) is 0.650. The normalized spacial score (nSPS) is 18.0. The molecule has 1 saturated heterocycles. The maximum atomic E-state index is 10.9. The van der Waals surface area contributed by atoms with Crippen molar-refractivity contribution in [1.29, 1.82) is 0 Å². The van der Waals surface area contributed by atoms with E-state index in [9.17, 15) is 15.2 Å². The van der Waals surface area contributed by atoms with E-state index in [0.717, 1.165) is 0 Å². The minimum absolute atomic E-state index is 0.0388. The fourth-order valence-electron chi connectivity index (χ4n) is 2.00. The van der Waals surface area contributed by atoms with Crippen LogP contribution in [0.25, 0.3) is 0 Å². The minimum atomic E-state index is -0.932.